The molecule has 0 spiro atoms. The van der Waals surface area contributed by atoms with E-state index in [-0.39, 0.29) is 22.0 Å². The van der Waals surface area contributed by atoms with Crippen molar-refractivity contribution in [1.82, 2.24) is 14.8 Å². The van der Waals surface area contributed by atoms with E-state index in [4.69, 9.17) is 18.2 Å². The number of aromatic amines is 1. The Kier molecular flexibility index (Phi) is 3.94. The van der Waals surface area contributed by atoms with E-state index in [1.165, 1.54) is 12.1 Å². The van der Waals surface area contributed by atoms with Gasteiger partial charge in [-0.3, -0.25) is 9.48 Å². The quantitative estimate of drug-likeness (QED) is 0.505. The van der Waals surface area contributed by atoms with Crippen LogP contribution in [0.3, 0.4) is 0 Å². The van der Waals surface area contributed by atoms with Crippen LogP contribution in [0.2, 0.25) is 5.02 Å². The fourth-order valence-corrected chi connectivity index (χ4v) is 3.27. The second-order valence-electron chi connectivity index (χ2n) is 6.12. The van der Waals surface area contributed by atoms with Crippen LogP contribution in [0.15, 0.2) is 53.6 Å². The van der Waals surface area contributed by atoms with Crippen LogP contribution in [0.25, 0.3) is 38.0 Å². The van der Waals surface area contributed by atoms with Gasteiger partial charge >= 0.3 is 0 Å². The maximum Gasteiger partial charge on any atom is 0.260 e. The van der Waals surface area contributed by atoms with Crippen LogP contribution < -0.4 is 5.56 Å². The third-order valence-electron chi connectivity index (χ3n) is 4.36. The molecule has 2 N–H and O–H groups in total. The van der Waals surface area contributed by atoms with E-state index in [0.29, 0.717) is 16.5 Å². The molecule has 0 radical (unpaired) electrons. The predicted molar refractivity (Wildman–Crippen MR) is 105 cm³/mol. The zero-order valence-electron chi connectivity index (χ0n) is 14.2. The van der Waals surface area contributed by atoms with Crippen molar-refractivity contribution in [3.05, 3.63) is 75.6 Å². The summed E-state index contributed by atoms with van der Waals surface area (Å²) in [5, 5.41) is 15.5. The Bertz CT molecular complexity index is 1300. The number of H-pyrrole nitrogens is 1. The molecule has 0 saturated carbocycles. The smallest absolute Gasteiger partial charge is 0.260 e. The Morgan fingerprint density at radius 3 is 2.70 bits per heavy atom. The molecule has 4 aromatic rings. The van der Waals surface area contributed by atoms with E-state index in [1.807, 2.05) is 31.4 Å². The number of hydrogen-bond acceptors (Lipinski definition) is 3. The van der Waals surface area contributed by atoms with Crippen LogP contribution in [-0.4, -0.2) is 19.9 Å². The van der Waals surface area contributed by atoms with Gasteiger partial charge in [-0.25, -0.2) is 4.85 Å². The number of nitrogens with zero attached hydrogens (tertiary/aromatic N) is 3. The van der Waals surface area contributed by atoms with E-state index >= 15 is 0 Å². The highest BCUT2D eigenvalue weighted by atomic mass is 35.5. The van der Waals surface area contributed by atoms with Crippen molar-refractivity contribution in [3.8, 4) is 28.0 Å². The number of pyridine rings is 1. The van der Waals surface area contributed by atoms with E-state index < -0.39 is 5.56 Å². The van der Waals surface area contributed by atoms with Crippen molar-refractivity contribution in [1.29, 1.82) is 0 Å². The molecule has 0 bridgehead atoms. The lowest BCUT2D eigenvalue weighted by Gasteiger charge is -2.10. The highest BCUT2D eigenvalue weighted by Gasteiger charge is 2.16. The van der Waals surface area contributed by atoms with Crippen molar-refractivity contribution < 1.29 is 5.11 Å². The molecule has 2 heterocycles. The molecule has 0 fully saturated rings. The summed E-state index contributed by atoms with van der Waals surface area (Å²) in [6.07, 6.45) is 3.60. The average molecular weight is 377 g/mol. The van der Waals surface area contributed by atoms with E-state index in [0.717, 1.165) is 11.1 Å². The van der Waals surface area contributed by atoms with Gasteiger partial charge in [-0.05, 0) is 29.3 Å². The summed E-state index contributed by atoms with van der Waals surface area (Å²) in [6.45, 7) is 7.19. The molecule has 27 heavy (non-hydrogen) atoms. The lowest BCUT2D eigenvalue weighted by molar-refractivity contribution is 0.482. The number of benzene rings is 2. The summed E-state index contributed by atoms with van der Waals surface area (Å²) in [4.78, 5) is 18.7. The van der Waals surface area contributed by atoms with E-state index in [1.54, 1.807) is 16.9 Å². The first kappa shape index (κ1) is 16.9. The zero-order chi connectivity index (χ0) is 19.1. The third-order valence-corrected chi connectivity index (χ3v) is 4.67. The molecule has 0 aliphatic carbocycles. The number of fused-ring (bicyclic) bond motifs is 1. The molecular formula is C20H13ClN4O2. The van der Waals surface area contributed by atoms with Gasteiger partial charge in [0.15, 0.2) is 0 Å². The molecule has 0 unspecified atom stereocenters. The van der Waals surface area contributed by atoms with Crippen LogP contribution in [0.5, 0.6) is 5.75 Å². The van der Waals surface area contributed by atoms with E-state index in [2.05, 4.69) is 14.9 Å². The largest absolute Gasteiger partial charge is 0.506 e. The molecule has 2 aromatic heterocycles. The summed E-state index contributed by atoms with van der Waals surface area (Å²) in [5.74, 6) is -0.182. The van der Waals surface area contributed by atoms with Crippen molar-refractivity contribution >= 4 is 28.2 Å². The van der Waals surface area contributed by atoms with Crippen molar-refractivity contribution in [3.63, 3.8) is 0 Å². The van der Waals surface area contributed by atoms with Gasteiger partial charge in [-0.2, -0.15) is 5.10 Å². The van der Waals surface area contributed by atoms with Crippen LogP contribution in [0.4, 0.5) is 5.69 Å². The monoisotopic (exact) mass is 376 g/mol. The Hall–Kier alpha value is -3.56. The number of rotatable bonds is 2. The summed E-state index contributed by atoms with van der Waals surface area (Å²) in [5.41, 5.74) is 2.64. The fourth-order valence-electron chi connectivity index (χ4n) is 3.07. The summed E-state index contributed by atoms with van der Waals surface area (Å²) in [7, 11) is 1.83. The van der Waals surface area contributed by atoms with Crippen molar-refractivity contribution in [2.75, 3.05) is 0 Å². The lowest BCUT2D eigenvalue weighted by atomic mass is 9.99. The maximum absolute atomic E-state index is 12.6. The second-order valence-corrected chi connectivity index (χ2v) is 6.53. The standard InChI is InChI=1S/C20H13ClN4O2/c1-22-17-7-14-16(8-15(17)21)24-20(27)18(19(14)26)12-5-3-4-11(6-12)13-9-23-25(2)10-13/h3-10H,2H3,(H2,24,26,27). The number of nitrogens with one attached hydrogen (secondary N) is 1. The Morgan fingerprint density at radius 2 is 2.00 bits per heavy atom. The van der Waals surface area contributed by atoms with Gasteiger partial charge in [0.25, 0.3) is 5.56 Å². The normalized spacial score (nSPS) is 10.9. The van der Waals surface area contributed by atoms with Gasteiger partial charge in [0.1, 0.15) is 5.75 Å². The zero-order valence-corrected chi connectivity index (χ0v) is 14.9. The third kappa shape index (κ3) is 2.84. The van der Waals surface area contributed by atoms with Crippen LogP contribution in [0, 0.1) is 6.57 Å². The molecule has 0 aliphatic heterocycles. The Labute approximate surface area is 159 Å². The molecule has 4 rings (SSSR count). The number of halogens is 1. The molecule has 0 saturated heterocycles. The Balaban J connectivity index is 1.95. The molecule has 6 nitrogen and oxygen atoms in total. The molecule has 132 valence electrons. The number of hydrogen-bond donors (Lipinski definition) is 2. The summed E-state index contributed by atoms with van der Waals surface area (Å²) in [6, 6.07) is 10.2. The second kappa shape index (κ2) is 6.31. The van der Waals surface area contributed by atoms with Crippen LogP contribution >= 0.6 is 11.6 Å². The maximum atomic E-state index is 12.6. The van der Waals surface area contributed by atoms with Gasteiger partial charge in [-0.1, -0.05) is 29.8 Å². The minimum atomic E-state index is -0.435. The first-order chi connectivity index (χ1) is 13.0. The van der Waals surface area contributed by atoms with Gasteiger partial charge < -0.3 is 10.1 Å². The van der Waals surface area contributed by atoms with E-state index in [9.17, 15) is 9.90 Å². The molecule has 0 amide bonds. The fraction of sp³-hybridized carbons (Fsp3) is 0.0500. The molecular weight excluding hydrogens is 364 g/mol. The first-order valence-electron chi connectivity index (χ1n) is 8.03. The van der Waals surface area contributed by atoms with Gasteiger partial charge in [-0.15, -0.1) is 0 Å². The topological polar surface area (TPSA) is 75.3 Å². The minimum absolute atomic E-state index is 0.145. The first-order valence-corrected chi connectivity index (χ1v) is 8.41. The molecule has 0 aliphatic rings. The van der Waals surface area contributed by atoms with Crippen molar-refractivity contribution in [2.45, 2.75) is 0 Å². The predicted octanol–water partition coefficient (Wildman–Crippen LogP) is 4.51. The average Bonchev–Trinajstić information content (AvgIpc) is 3.08. The van der Waals surface area contributed by atoms with Crippen LogP contribution in [0.1, 0.15) is 0 Å². The van der Waals surface area contributed by atoms with Gasteiger partial charge in [0.2, 0.25) is 5.69 Å². The van der Waals surface area contributed by atoms with Gasteiger partial charge in [0, 0.05) is 29.2 Å². The minimum Gasteiger partial charge on any atom is -0.506 e. The van der Waals surface area contributed by atoms with Gasteiger partial charge in [0.05, 0.1) is 23.8 Å². The summed E-state index contributed by atoms with van der Waals surface area (Å²) >= 11 is 6.03. The number of aryl methyl sites for hydroxylation is 1. The Morgan fingerprint density at radius 1 is 1.22 bits per heavy atom. The number of aromatic nitrogens is 3. The summed E-state index contributed by atoms with van der Waals surface area (Å²) < 4.78 is 1.69. The lowest BCUT2D eigenvalue weighted by Crippen LogP contribution is -2.09. The highest BCUT2D eigenvalue weighted by molar-refractivity contribution is 6.34. The van der Waals surface area contributed by atoms with Crippen molar-refractivity contribution in [2.24, 2.45) is 7.05 Å². The molecule has 2 aromatic carbocycles. The molecule has 0 atom stereocenters. The van der Waals surface area contributed by atoms with Crippen LogP contribution in [-0.2, 0) is 7.05 Å². The number of aromatic hydroxyl groups is 1. The molecule has 7 heteroatoms. The SMILES string of the molecule is [C-]#[N+]c1cc2c(O)c(-c3cccc(-c4cnn(C)c4)c3)c(=O)[nH]c2cc1Cl. The highest BCUT2D eigenvalue weighted by Crippen LogP contribution is 2.38.